The molecule has 4 rings (SSSR count). The number of benzene rings is 2. The van der Waals surface area contributed by atoms with Crippen molar-refractivity contribution in [2.24, 2.45) is 5.92 Å². The van der Waals surface area contributed by atoms with Crippen molar-refractivity contribution in [3.05, 3.63) is 74.6 Å². The average Bonchev–Trinajstić information content (AvgIpc) is 3.62. The SMILES string of the molecule is O=C(NCCNC(=O)C1CC1)c1ccc(NC(=O)c2cc3cc(Br)ccc3oc2=O)cc1. The summed E-state index contributed by atoms with van der Waals surface area (Å²) < 4.78 is 6.01. The molecule has 1 aliphatic rings. The van der Waals surface area contributed by atoms with E-state index in [-0.39, 0.29) is 23.3 Å². The van der Waals surface area contributed by atoms with E-state index in [1.165, 1.54) is 6.07 Å². The van der Waals surface area contributed by atoms with E-state index in [9.17, 15) is 19.2 Å². The van der Waals surface area contributed by atoms with E-state index < -0.39 is 11.5 Å². The monoisotopic (exact) mass is 497 g/mol. The normalized spacial score (nSPS) is 12.9. The Balaban J connectivity index is 1.34. The van der Waals surface area contributed by atoms with Crippen LogP contribution in [0.15, 0.2) is 62.2 Å². The summed E-state index contributed by atoms with van der Waals surface area (Å²) in [5.74, 6) is -0.725. The molecular weight excluding hydrogens is 478 g/mol. The summed E-state index contributed by atoms with van der Waals surface area (Å²) in [5.41, 5.74) is 0.369. The fourth-order valence-corrected chi connectivity index (χ4v) is 3.49. The van der Waals surface area contributed by atoms with Crippen molar-refractivity contribution in [3.8, 4) is 0 Å². The lowest BCUT2D eigenvalue weighted by atomic mass is 10.1. The summed E-state index contributed by atoms with van der Waals surface area (Å²) in [4.78, 5) is 48.5. The molecule has 0 spiro atoms. The molecule has 0 unspecified atom stereocenters. The van der Waals surface area contributed by atoms with E-state index in [1.807, 2.05) is 0 Å². The Labute approximate surface area is 191 Å². The summed E-state index contributed by atoms with van der Waals surface area (Å²) in [7, 11) is 0. The Kier molecular flexibility index (Phi) is 6.36. The van der Waals surface area contributed by atoms with Crippen molar-refractivity contribution in [2.75, 3.05) is 18.4 Å². The maximum atomic E-state index is 12.6. The van der Waals surface area contributed by atoms with Crippen molar-refractivity contribution < 1.29 is 18.8 Å². The number of anilines is 1. The van der Waals surface area contributed by atoms with Crippen molar-refractivity contribution >= 4 is 50.3 Å². The van der Waals surface area contributed by atoms with Crippen LogP contribution in [-0.2, 0) is 4.79 Å². The third-order valence-corrected chi connectivity index (χ3v) is 5.50. The van der Waals surface area contributed by atoms with Gasteiger partial charge in [-0.15, -0.1) is 0 Å². The molecule has 1 aliphatic carbocycles. The molecule has 1 heterocycles. The third kappa shape index (κ3) is 5.23. The second kappa shape index (κ2) is 9.35. The second-order valence-corrected chi connectivity index (χ2v) is 8.40. The number of carbonyl (C=O) groups is 3. The molecule has 3 amide bonds. The Morgan fingerprint density at radius 2 is 1.66 bits per heavy atom. The molecule has 3 N–H and O–H groups in total. The highest BCUT2D eigenvalue weighted by Gasteiger charge is 2.29. The smallest absolute Gasteiger partial charge is 0.349 e. The highest BCUT2D eigenvalue weighted by Crippen LogP contribution is 2.28. The Morgan fingerprint density at radius 3 is 2.38 bits per heavy atom. The Morgan fingerprint density at radius 1 is 0.938 bits per heavy atom. The van der Waals surface area contributed by atoms with Crippen molar-refractivity contribution in [2.45, 2.75) is 12.8 Å². The first-order valence-corrected chi connectivity index (χ1v) is 10.9. The minimum atomic E-state index is -0.734. The van der Waals surface area contributed by atoms with Crippen LogP contribution in [-0.4, -0.2) is 30.8 Å². The van der Waals surface area contributed by atoms with Crippen LogP contribution in [0.2, 0.25) is 0 Å². The van der Waals surface area contributed by atoms with Gasteiger partial charge >= 0.3 is 5.63 Å². The van der Waals surface area contributed by atoms with Crippen molar-refractivity contribution in [1.82, 2.24) is 10.6 Å². The Bertz CT molecular complexity index is 1250. The van der Waals surface area contributed by atoms with E-state index >= 15 is 0 Å². The van der Waals surface area contributed by atoms with Crippen LogP contribution < -0.4 is 21.6 Å². The molecule has 8 nitrogen and oxygen atoms in total. The van der Waals surface area contributed by atoms with Gasteiger partial charge < -0.3 is 20.4 Å². The van der Waals surface area contributed by atoms with E-state index in [0.717, 1.165) is 17.3 Å². The van der Waals surface area contributed by atoms with Crippen LogP contribution in [0.5, 0.6) is 0 Å². The zero-order valence-electron chi connectivity index (χ0n) is 16.9. The van der Waals surface area contributed by atoms with Gasteiger partial charge in [-0.1, -0.05) is 15.9 Å². The number of hydrogen-bond acceptors (Lipinski definition) is 5. The second-order valence-electron chi connectivity index (χ2n) is 7.48. The van der Waals surface area contributed by atoms with Crippen LogP contribution in [0.25, 0.3) is 11.0 Å². The molecule has 0 saturated heterocycles. The largest absolute Gasteiger partial charge is 0.422 e. The van der Waals surface area contributed by atoms with Gasteiger partial charge in [-0.25, -0.2) is 4.79 Å². The van der Waals surface area contributed by atoms with Crippen LogP contribution in [0.1, 0.15) is 33.6 Å². The van der Waals surface area contributed by atoms with Gasteiger partial charge in [0.15, 0.2) is 0 Å². The lowest BCUT2D eigenvalue weighted by Crippen LogP contribution is -2.35. The molecule has 9 heteroatoms. The predicted molar refractivity (Wildman–Crippen MR) is 123 cm³/mol. The molecule has 2 aromatic carbocycles. The number of carbonyl (C=O) groups excluding carboxylic acids is 3. The minimum Gasteiger partial charge on any atom is -0.422 e. The fraction of sp³-hybridized carbons (Fsp3) is 0.217. The summed E-state index contributed by atoms with van der Waals surface area (Å²) >= 11 is 3.35. The molecule has 1 saturated carbocycles. The zero-order chi connectivity index (χ0) is 22.7. The number of nitrogens with one attached hydrogen (secondary N) is 3. The van der Waals surface area contributed by atoms with Gasteiger partial charge in [0.1, 0.15) is 11.1 Å². The number of fused-ring (bicyclic) bond motifs is 1. The van der Waals surface area contributed by atoms with Crippen LogP contribution >= 0.6 is 15.9 Å². The van der Waals surface area contributed by atoms with Gasteiger partial charge in [0.05, 0.1) is 0 Å². The minimum absolute atomic E-state index is 0.0347. The molecule has 1 fully saturated rings. The highest BCUT2D eigenvalue weighted by atomic mass is 79.9. The molecule has 0 radical (unpaired) electrons. The first kappa shape index (κ1) is 21.8. The number of hydrogen-bond donors (Lipinski definition) is 3. The first-order chi connectivity index (χ1) is 15.4. The van der Waals surface area contributed by atoms with E-state index in [4.69, 9.17) is 4.42 Å². The van der Waals surface area contributed by atoms with Gasteiger partial charge in [-0.05, 0) is 61.4 Å². The summed E-state index contributed by atoms with van der Waals surface area (Å²) in [6, 6.07) is 12.9. The summed E-state index contributed by atoms with van der Waals surface area (Å²) in [6.45, 7) is 0.698. The van der Waals surface area contributed by atoms with Gasteiger partial charge in [0.25, 0.3) is 11.8 Å². The number of amides is 3. The van der Waals surface area contributed by atoms with Gasteiger partial charge in [0, 0.05) is 40.1 Å². The highest BCUT2D eigenvalue weighted by molar-refractivity contribution is 9.10. The quantitative estimate of drug-likeness (QED) is 0.342. The zero-order valence-corrected chi connectivity index (χ0v) is 18.5. The van der Waals surface area contributed by atoms with Crippen molar-refractivity contribution in [1.29, 1.82) is 0 Å². The third-order valence-electron chi connectivity index (χ3n) is 5.00. The molecule has 1 aromatic heterocycles. The average molecular weight is 498 g/mol. The molecule has 0 bridgehead atoms. The Hall–Kier alpha value is -3.46. The number of halogens is 1. The summed E-state index contributed by atoms with van der Waals surface area (Å²) in [6.07, 6.45) is 1.87. The molecule has 3 aromatic rings. The van der Waals surface area contributed by atoms with Crippen molar-refractivity contribution in [3.63, 3.8) is 0 Å². The summed E-state index contributed by atoms with van der Waals surface area (Å²) in [5, 5.41) is 8.76. The van der Waals surface area contributed by atoms with E-state index in [2.05, 4.69) is 31.9 Å². The van der Waals surface area contributed by atoms with Crippen LogP contribution in [0.4, 0.5) is 5.69 Å². The molecular formula is C23H20BrN3O5. The molecule has 32 heavy (non-hydrogen) atoms. The molecule has 0 aliphatic heterocycles. The maximum Gasteiger partial charge on any atom is 0.349 e. The van der Waals surface area contributed by atoms with Gasteiger partial charge in [0.2, 0.25) is 5.91 Å². The van der Waals surface area contributed by atoms with E-state index in [1.54, 1.807) is 42.5 Å². The lowest BCUT2D eigenvalue weighted by Gasteiger charge is -2.08. The maximum absolute atomic E-state index is 12.6. The van der Waals surface area contributed by atoms with Gasteiger partial charge in [-0.3, -0.25) is 14.4 Å². The lowest BCUT2D eigenvalue weighted by molar-refractivity contribution is -0.122. The van der Waals surface area contributed by atoms with E-state index in [0.29, 0.717) is 35.3 Å². The standard InChI is InChI=1S/C23H20BrN3O5/c24-16-5-8-19-15(11-16)12-18(23(31)32-19)22(30)27-17-6-3-14(4-7-17)21(29)26-10-9-25-20(28)13-1-2-13/h3-8,11-13H,1-2,9-10H2,(H,25,28)(H,26,29)(H,27,30). The van der Waals surface area contributed by atoms with Crippen LogP contribution in [0, 0.1) is 5.92 Å². The fourth-order valence-electron chi connectivity index (χ4n) is 3.11. The topological polar surface area (TPSA) is 118 Å². The predicted octanol–water partition coefficient (Wildman–Crippen LogP) is 3.06. The van der Waals surface area contributed by atoms with Crippen LogP contribution in [0.3, 0.4) is 0 Å². The molecule has 0 atom stereocenters. The first-order valence-electron chi connectivity index (χ1n) is 10.1. The molecule has 164 valence electrons. The van der Waals surface area contributed by atoms with Gasteiger partial charge in [-0.2, -0.15) is 0 Å². The number of rotatable bonds is 7.